The van der Waals surface area contributed by atoms with Gasteiger partial charge >= 0.3 is 0 Å². The fourth-order valence-electron chi connectivity index (χ4n) is 2.58. The second kappa shape index (κ2) is 6.16. The van der Waals surface area contributed by atoms with Crippen LogP contribution >= 0.6 is 11.6 Å². The molecule has 0 saturated heterocycles. The van der Waals surface area contributed by atoms with E-state index in [0.29, 0.717) is 35.2 Å². The Morgan fingerprint density at radius 1 is 1.42 bits per heavy atom. The molecule has 0 aliphatic carbocycles. The first kappa shape index (κ1) is 16.3. The van der Waals surface area contributed by atoms with Crippen molar-refractivity contribution in [2.75, 3.05) is 12.3 Å². The molecule has 3 aromatic heterocycles. The van der Waals surface area contributed by atoms with Crippen LogP contribution in [0.3, 0.4) is 0 Å². The molecule has 0 radical (unpaired) electrons. The van der Waals surface area contributed by atoms with Gasteiger partial charge in [-0.1, -0.05) is 0 Å². The third-order valence-corrected chi connectivity index (χ3v) is 3.93. The van der Waals surface area contributed by atoms with Gasteiger partial charge in [-0.15, -0.1) is 5.10 Å². The van der Waals surface area contributed by atoms with Crippen LogP contribution in [0.1, 0.15) is 31.1 Å². The number of hydrogen-bond acceptors (Lipinski definition) is 5. The molecule has 0 spiro atoms. The molecule has 3 heterocycles. The van der Waals surface area contributed by atoms with Gasteiger partial charge in [0.05, 0.1) is 0 Å². The van der Waals surface area contributed by atoms with Crippen LogP contribution in [0.25, 0.3) is 17.2 Å². The van der Waals surface area contributed by atoms with Crippen LogP contribution in [0.2, 0.25) is 5.22 Å². The van der Waals surface area contributed by atoms with E-state index in [2.05, 4.69) is 10.1 Å². The Balaban J connectivity index is 2.05. The quantitative estimate of drug-likeness (QED) is 0.783. The van der Waals surface area contributed by atoms with Gasteiger partial charge in [0.2, 0.25) is 5.82 Å². The number of anilines is 1. The van der Waals surface area contributed by atoms with E-state index in [-0.39, 0.29) is 17.2 Å². The lowest BCUT2D eigenvalue weighted by Gasteiger charge is -2.25. The number of pyridine rings is 1. The van der Waals surface area contributed by atoms with Crippen molar-refractivity contribution in [1.82, 2.24) is 19.5 Å². The van der Waals surface area contributed by atoms with Gasteiger partial charge in [-0.25, -0.2) is 4.98 Å². The van der Waals surface area contributed by atoms with Gasteiger partial charge in [0.1, 0.15) is 5.82 Å². The fourth-order valence-corrected chi connectivity index (χ4v) is 2.73. The summed E-state index contributed by atoms with van der Waals surface area (Å²) in [4.78, 5) is 18.8. The Morgan fingerprint density at radius 3 is 2.75 bits per heavy atom. The molecular formula is C16H18ClN5O2. The molecule has 2 N–H and O–H groups in total. The van der Waals surface area contributed by atoms with E-state index < -0.39 is 0 Å². The lowest BCUT2D eigenvalue weighted by Crippen LogP contribution is -2.36. The third kappa shape index (κ3) is 2.82. The van der Waals surface area contributed by atoms with Crippen molar-refractivity contribution in [2.24, 2.45) is 0 Å². The average Bonchev–Trinajstić information content (AvgIpc) is 3.13. The van der Waals surface area contributed by atoms with Gasteiger partial charge in [0.25, 0.3) is 5.91 Å². The number of nitrogen functional groups attached to an aromatic ring is 1. The van der Waals surface area contributed by atoms with Crippen LogP contribution in [0, 0.1) is 0 Å². The maximum atomic E-state index is 12.7. The molecule has 3 rings (SSSR count). The number of carbonyl (C=O) groups excluding carboxylic acids is 1. The van der Waals surface area contributed by atoms with Crippen LogP contribution in [-0.4, -0.2) is 38.0 Å². The highest BCUT2D eigenvalue weighted by molar-refractivity contribution is 6.28. The molecule has 8 heteroatoms. The summed E-state index contributed by atoms with van der Waals surface area (Å²) in [6, 6.07) is 6.66. The summed E-state index contributed by atoms with van der Waals surface area (Å²) >= 11 is 5.78. The Kier molecular flexibility index (Phi) is 4.19. The van der Waals surface area contributed by atoms with Gasteiger partial charge in [0.15, 0.2) is 16.6 Å². The predicted octanol–water partition coefficient (Wildman–Crippen LogP) is 3.10. The summed E-state index contributed by atoms with van der Waals surface area (Å²) in [6.07, 6.45) is 0. The number of halogens is 1. The summed E-state index contributed by atoms with van der Waals surface area (Å²) in [5.74, 6) is 1.03. The average molecular weight is 348 g/mol. The first-order chi connectivity index (χ1) is 11.4. The monoisotopic (exact) mass is 347 g/mol. The van der Waals surface area contributed by atoms with Crippen LogP contribution in [-0.2, 0) is 0 Å². The first-order valence-electron chi connectivity index (χ1n) is 7.63. The molecular weight excluding hydrogens is 330 g/mol. The van der Waals surface area contributed by atoms with Gasteiger partial charge in [-0.3, -0.25) is 4.79 Å². The highest BCUT2D eigenvalue weighted by Crippen LogP contribution is 2.24. The Morgan fingerprint density at radius 2 is 2.17 bits per heavy atom. The molecule has 3 aromatic rings. The topological polar surface area (TPSA) is 89.7 Å². The summed E-state index contributed by atoms with van der Waals surface area (Å²) in [7, 11) is 0. The number of amides is 1. The van der Waals surface area contributed by atoms with Crippen molar-refractivity contribution in [3.05, 3.63) is 35.0 Å². The SMILES string of the molecule is CCN(C(=O)c1cc(N)n2nc(-c3ccc(Cl)o3)nc2c1)C(C)C. The van der Waals surface area contributed by atoms with E-state index in [1.807, 2.05) is 20.8 Å². The van der Waals surface area contributed by atoms with Crippen LogP contribution in [0.5, 0.6) is 0 Å². The van der Waals surface area contributed by atoms with E-state index in [4.69, 9.17) is 21.8 Å². The number of furan rings is 1. The molecule has 0 aliphatic rings. The van der Waals surface area contributed by atoms with E-state index >= 15 is 0 Å². The summed E-state index contributed by atoms with van der Waals surface area (Å²) in [5.41, 5.74) is 6.99. The zero-order valence-corrected chi connectivity index (χ0v) is 14.4. The van der Waals surface area contributed by atoms with Crippen LogP contribution < -0.4 is 5.73 Å². The molecule has 24 heavy (non-hydrogen) atoms. The van der Waals surface area contributed by atoms with Gasteiger partial charge in [0, 0.05) is 18.2 Å². The lowest BCUT2D eigenvalue weighted by molar-refractivity contribution is 0.0717. The number of nitrogens with zero attached hydrogens (tertiary/aromatic N) is 4. The lowest BCUT2D eigenvalue weighted by atomic mass is 10.2. The van der Waals surface area contributed by atoms with E-state index in [1.54, 1.807) is 29.2 Å². The molecule has 0 saturated carbocycles. The maximum Gasteiger partial charge on any atom is 0.254 e. The van der Waals surface area contributed by atoms with Crippen LogP contribution in [0.15, 0.2) is 28.7 Å². The minimum Gasteiger partial charge on any atom is -0.441 e. The van der Waals surface area contributed by atoms with Gasteiger partial charge in [-0.05, 0) is 56.6 Å². The fraction of sp³-hybridized carbons (Fsp3) is 0.312. The van der Waals surface area contributed by atoms with Gasteiger partial charge < -0.3 is 15.1 Å². The van der Waals surface area contributed by atoms with Gasteiger partial charge in [-0.2, -0.15) is 4.52 Å². The first-order valence-corrected chi connectivity index (χ1v) is 8.01. The molecule has 0 aromatic carbocycles. The predicted molar refractivity (Wildman–Crippen MR) is 92.0 cm³/mol. The highest BCUT2D eigenvalue weighted by Gasteiger charge is 2.20. The number of hydrogen-bond donors (Lipinski definition) is 1. The zero-order chi connectivity index (χ0) is 17.4. The molecule has 126 valence electrons. The molecule has 0 bridgehead atoms. The summed E-state index contributed by atoms with van der Waals surface area (Å²) < 4.78 is 6.78. The Bertz CT molecular complexity index is 899. The number of carbonyl (C=O) groups is 1. The smallest absolute Gasteiger partial charge is 0.254 e. The highest BCUT2D eigenvalue weighted by atomic mass is 35.5. The number of nitrogens with two attached hydrogens (primary N) is 1. The molecule has 0 unspecified atom stereocenters. The normalized spacial score (nSPS) is 11.4. The number of fused-ring (bicyclic) bond motifs is 1. The standard InChI is InChI=1S/C16H18ClN5O2/c1-4-21(9(2)3)16(23)10-7-13(18)22-14(8-10)19-15(20-22)11-5-6-12(17)24-11/h5-9H,4,18H2,1-3H3. The molecule has 1 amide bonds. The Hall–Kier alpha value is -2.54. The van der Waals surface area contributed by atoms with E-state index in [1.165, 1.54) is 4.52 Å². The third-order valence-electron chi connectivity index (χ3n) is 3.73. The zero-order valence-electron chi connectivity index (χ0n) is 13.7. The van der Waals surface area contributed by atoms with Crippen molar-refractivity contribution in [1.29, 1.82) is 0 Å². The molecule has 0 aliphatic heterocycles. The van der Waals surface area contributed by atoms with E-state index in [0.717, 1.165) is 0 Å². The summed E-state index contributed by atoms with van der Waals surface area (Å²) in [6.45, 7) is 6.50. The molecule has 0 fully saturated rings. The minimum atomic E-state index is -0.0905. The van der Waals surface area contributed by atoms with Crippen molar-refractivity contribution in [3.8, 4) is 11.6 Å². The summed E-state index contributed by atoms with van der Waals surface area (Å²) in [5, 5.41) is 4.55. The second-order valence-electron chi connectivity index (χ2n) is 5.66. The number of aromatic nitrogens is 3. The molecule has 7 nitrogen and oxygen atoms in total. The maximum absolute atomic E-state index is 12.7. The van der Waals surface area contributed by atoms with Crippen LogP contribution in [0.4, 0.5) is 5.82 Å². The van der Waals surface area contributed by atoms with E-state index in [9.17, 15) is 4.79 Å². The Labute approximate surface area is 144 Å². The second-order valence-corrected chi connectivity index (χ2v) is 6.04. The van der Waals surface area contributed by atoms with Crippen molar-refractivity contribution >= 4 is 29.0 Å². The van der Waals surface area contributed by atoms with Crippen molar-refractivity contribution < 1.29 is 9.21 Å². The van der Waals surface area contributed by atoms with Crippen molar-refractivity contribution in [2.45, 2.75) is 26.8 Å². The van der Waals surface area contributed by atoms with Crippen molar-refractivity contribution in [3.63, 3.8) is 0 Å². The minimum absolute atomic E-state index is 0.0905. The molecule has 0 atom stereocenters. The number of rotatable bonds is 4. The largest absolute Gasteiger partial charge is 0.441 e.